The van der Waals surface area contributed by atoms with Crippen LogP contribution in [-0.4, -0.2) is 52.5 Å². The van der Waals surface area contributed by atoms with Gasteiger partial charge in [-0.1, -0.05) is 44.3 Å². The molecule has 6 nitrogen and oxygen atoms in total. The lowest BCUT2D eigenvalue weighted by Crippen LogP contribution is -2.44. The molecule has 0 aromatic heterocycles. The van der Waals surface area contributed by atoms with Crippen molar-refractivity contribution in [3.8, 4) is 11.8 Å². The third kappa shape index (κ3) is 9.16. The summed E-state index contributed by atoms with van der Waals surface area (Å²) in [7, 11) is 0. The highest BCUT2D eigenvalue weighted by Gasteiger charge is 2.27. The van der Waals surface area contributed by atoms with E-state index in [9.17, 15) is 14.7 Å². The quantitative estimate of drug-likeness (QED) is 0.359. The van der Waals surface area contributed by atoms with Crippen LogP contribution in [0.15, 0.2) is 12.2 Å². The average molecular weight is 351 g/mol. The van der Waals surface area contributed by atoms with Crippen LogP contribution in [0.4, 0.5) is 4.79 Å². The van der Waals surface area contributed by atoms with Crippen molar-refractivity contribution in [3.63, 3.8) is 0 Å². The molecule has 2 N–H and O–H groups in total. The molecule has 1 aliphatic heterocycles. The fourth-order valence-corrected chi connectivity index (χ4v) is 2.54. The Morgan fingerprint density at radius 2 is 2.20 bits per heavy atom. The van der Waals surface area contributed by atoms with E-state index in [-0.39, 0.29) is 19.0 Å². The average Bonchev–Trinajstić information content (AvgIpc) is 2.57. The molecule has 0 bridgehead atoms. The maximum absolute atomic E-state index is 11.9. The van der Waals surface area contributed by atoms with E-state index in [4.69, 9.17) is 9.84 Å². The monoisotopic (exact) mass is 351 g/mol. The minimum absolute atomic E-state index is 0.0989. The maximum Gasteiger partial charge on any atom is 0.411 e. The van der Waals surface area contributed by atoms with Crippen molar-refractivity contribution in [3.05, 3.63) is 12.2 Å². The van der Waals surface area contributed by atoms with Crippen LogP contribution in [0.3, 0.4) is 0 Å². The molecular formula is C19H29NO5. The number of aliphatic carboxylic acids is 1. The Labute approximate surface area is 149 Å². The second-order valence-corrected chi connectivity index (χ2v) is 6.15. The molecule has 1 saturated heterocycles. The molecule has 1 amide bonds. The molecule has 25 heavy (non-hydrogen) atoms. The van der Waals surface area contributed by atoms with E-state index >= 15 is 0 Å². The Morgan fingerprint density at radius 1 is 1.40 bits per heavy atom. The smallest absolute Gasteiger partial charge is 0.411 e. The summed E-state index contributed by atoms with van der Waals surface area (Å²) in [6.45, 7) is 2.73. The van der Waals surface area contributed by atoms with E-state index in [0.717, 1.165) is 25.7 Å². The number of carbonyl (C=O) groups is 2. The molecule has 1 unspecified atom stereocenters. The van der Waals surface area contributed by atoms with Gasteiger partial charge in [0.05, 0.1) is 25.3 Å². The van der Waals surface area contributed by atoms with Crippen LogP contribution in [0.2, 0.25) is 0 Å². The summed E-state index contributed by atoms with van der Waals surface area (Å²) in [5.74, 6) is 4.97. The summed E-state index contributed by atoms with van der Waals surface area (Å²) in [5.41, 5.74) is 0. The molecule has 0 aliphatic carbocycles. The molecule has 0 spiro atoms. The molecule has 6 heteroatoms. The van der Waals surface area contributed by atoms with Crippen molar-refractivity contribution < 1.29 is 24.5 Å². The van der Waals surface area contributed by atoms with Crippen LogP contribution >= 0.6 is 0 Å². The number of carboxylic acids is 1. The Morgan fingerprint density at radius 3 is 2.92 bits per heavy atom. The molecule has 1 rings (SSSR count). The molecule has 2 atom stereocenters. The van der Waals surface area contributed by atoms with Crippen molar-refractivity contribution >= 4 is 12.1 Å². The summed E-state index contributed by atoms with van der Waals surface area (Å²) in [5, 5.41) is 18.5. The van der Waals surface area contributed by atoms with E-state index in [0.29, 0.717) is 25.9 Å². The Bertz CT molecular complexity index is 506. The van der Waals surface area contributed by atoms with Gasteiger partial charge >= 0.3 is 12.1 Å². The highest BCUT2D eigenvalue weighted by molar-refractivity contribution is 5.69. The predicted molar refractivity (Wildman–Crippen MR) is 95.0 cm³/mol. The summed E-state index contributed by atoms with van der Waals surface area (Å²) < 4.78 is 5.06. The number of aliphatic hydroxyl groups excluding tert-OH is 1. The van der Waals surface area contributed by atoms with Gasteiger partial charge in [-0.15, -0.1) is 5.92 Å². The zero-order valence-electron chi connectivity index (χ0n) is 14.9. The predicted octanol–water partition coefficient (Wildman–Crippen LogP) is 2.95. The Kier molecular flexibility index (Phi) is 10.4. The van der Waals surface area contributed by atoms with Crippen LogP contribution in [0, 0.1) is 11.8 Å². The van der Waals surface area contributed by atoms with Crippen molar-refractivity contribution in [1.82, 2.24) is 4.90 Å². The highest BCUT2D eigenvalue weighted by atomic mass is 16.6. The van der Waals surface area contributed by atoms with E-state index in [1.165, 1.54) is 0 Å². The molecule has 0 radical (unpaired) electrons. The largest absolute Gasteiger partial charge is 0.481 e. The number of cyclic esters (lactones) is 1. The first-order valence-corrected chi connectivity index (χ1v) is 9.02. The van der Waals surface area contributed by atoms with Gasteiger partial charge in [0.15, 0.2) is 0 Å². The summed E-state index contributed by atoms with van der Waals surface area (Å²) in [6.07, 6.45) is 8.42. The minimum Gasteiger partial charge on any atom is -0.481 e. The molecule has 0 aromatic rings. The number of hydrogen-bond donors (Lipinski definition) is 2. The van der Waals surface area contributed by atoms with E-state index in [1.807, 2.05) is 6.08 Å². The molecule has 1 fully saturated rings. The van der Waals surface area contributed by atoms with Gasteiger partial charge in [0.1, 0.15) is 0 Å². The first-order valence-electron chi connectivity index (χ1n) is 9.02. The molecule has 1 aliphatic rings. The minimum atomic E-state index is -0.830. The normalized spacial score (nSPS) is 18.6. The second kappa shape index (κ2) is 12.4. The van der Waals surface area contributed by atoms with Crippen molar-refractivity contribution in [1.29, 1.82) is 0 Å². The van der Waals surface area contributed by atoms with Crippen LogP contribution in [0.1, 0.15) is 58.3 Å². The number of ether oxygens (including phenoxy) is 1. The number of hydrogen-bond acceptors (Lipinski definition) is 4. The van der Waals surface area contributed by atoms with E-state index in [1.54, 1.807) is 11.0 Å². The maximum atomic E-state index is 11.9. The highest BCUT2D eigenvalue weighted by Crippen LogP contribution is 2.15. The fourth-order valence-electron chi connectivity index (χ4n) is 2.54. The lowest BCUT2D eigenvalue weighted by atomic mass is 10.1. The Balaban J connectivity index is 2.48. The number of rotatable bonds is 10. The van der Waals surface area contributed by atoms with Gasteiger partial charge in [0.25, 0.3) is 0 Å². The van der Waals surface area contributed by atoms with Crippen LogP contribution in [0.5, 0.6) is 0 Å². The molecule has 0 aromatic carbocycles. The first-order chi connectivity index (χ1) is 12.0. The van der Waals surface area contributed by atoms with Crippen molar-refractivity contribution in [2.24, 2.45) is 0 Å². The Hall–Kier alpha value is -2.00. The number of nitrogens with zero attached hydrogens (tertiary/aromatic N) is 1. The second-order valence-electron chi connectivity index (χ2n) is 6.15. The summed E-state index contributed by atoms with van der Waals surface area (Å²) in [4.78, 5) is 23.9. The lowest BCUT2D eigenvalue weighted by Gasteiger charge is -2.31. The van der Waals surface area contributed by atoms with Crippen molar-refractivity contribution in [2.75, 3.05) is 13.2 Å². The summed E-state index contributed by atoms with van der Waals surface area (Å²) in [6, 6.07) is -0.129. The van der Waals surface area contributed by atoms with Gasteiger partial charge in [-0.25, -0.2) is 4.79 Å². The fraction of sp³-hybridized carbons (Fsp3) is 0.684. The number of carboxylic acid groups (broad SMARTS) is 1. The van der Waals surface area contributed by atoms with Crippen molar-refractivity contribution in [2.45, 2.75) is 70.4 Å². The third-order valence-corrected chi connectivity index (χ3v) is 4.00. The van der Waals surface area contributed by atoms with Gasteiger partial charge in [0.2, 0.25) is 0 Å². The topological polar surface area (TPSA) is 87.1 Å². The van der Waals surface area contributed by atoms with Crippen LogP contribution < -0.4 is 0 Å². The molecule has 0 saturated carbocycles. The molecule has 140 valence electrons. The zero-order chi connectivity index (χ0) is 18.5. The number of unbranched alkanes of at least 4 members (excludes halogenated alkanes) is 3. The van der Waals surface area contributed by atoms with Crippen LogP contribution in [0.25, 0.3) is 0 Å². The van der Waals surface area contributed by atoms with E-state index < -0.39 is 18.2 Å². The number of amides is 1. The molecule has 1 heterocycles. The lowest BCUT2D eigenvalue weighted by molar-refractivity contribution is -0.137. The zero-order valence-corrected chi connectivity index (χ0v) is 14.9. The van der Waals surface area contributed by atoms with Gasteiger partial charge in [0, 0.05) is 19.3 Å². The standard InChI is InChI=1S/C19H29NO5/c1-2-3-6-9-17(21)12-11-16-13-15-25-19(24)20(16)14-8-5-4-7-10-18(22)23/h11-12,16-17,21H,2-4,6-7,9-10,13-15H2,1H3,(H,22,23)/b12-11+/t16-,17?/m0/s1. The number of carbonyl (C=O) groups excluding carboxylic acids is 1. The van der Waals surface area contributed by atoms with Gasteiger partial charge in [-0.2, -0.15) is 0 Å². The van der Waals surface area contributed by atoms with E-state index in [2.05, 4.69) is 18.8 Å². The van der Waals surface area contributed by atoms with Gasteiger partial charge in [-0.05, 0) is 12.8 Å². The van der Waals surface area contributed by atoms with Crippen LogP contribution in [-0.2, 0) is 9.53 Å². The van der Waals surface area contributed by atoms with Gasteiger partial charge < -0.3 is 14.9 Å². The summed E-state index contributed by atoms with van der Waals surface area (Å²) >= 11 is 0. The molecular weight excluding hydrogens is 322 g/mol. The first kappa shape index (κ1) is 21.0. The number of aliphatic hydroxyl groups is 1. The van der Waals surface area contributed by atoms with Gasteiger partial charge in [-0.3, -0.25) is 9.69 Å². The SMILES string of the molecule is CCCCCC(O)/C=C/[C@H]1CCOC(=O)N1CC#CCCCC(=O)O. The third-order valence-electron chi connectivity index (χ3n) is 4.00.